The standard InChI is InChI=1S/C19H19NO4/c21-18(23-12-14-7-3-1-4-8-14)11-16-19(22)24-13-17(20-16)15-9-5-2-6-10-15/h1-10,16-17,20H,11-13H2/t16-,17+/m1/s1. The summed E-state index contributed by atoms with van der Waals surface area (Å²) in [5.41, 5.74) is 1.93. The fraction of sp³-hybridized carbons (Fsp3) is 0.263. The lowest BCUT2D eigenvalue weighted by molar-refractivity contribution is -0.157. The van der Waals surface area contributed by atoms with Crippen LogP contribution in [0.1, 0.15) is 23.6 Å². The van der Waals surface area contributed by atoms with Gasteiger partial charge in [0, 0.05) is 0 Å². The van der Waals surface area contributed by atoms with Crippen LogP contribution < -0.4 is 5.32 Å². The van der Waals surface area contributed by atoms with Crippen LogP contribution >= 0.6 is 0 Å². The predicted molar refractivity (Wildman–Crippen MR) is 87.9 cm³/mol. The maximum Gasteiger partial charge on any atom is 0.323 e. The van der Waals surface area contributed by atoms with Crippen LogP contribution in [0.25, 0.3) is 0 Å². The number of morpholine rings is 1. The first kappa shape index (κ1) is 16.2. The fourth-order valence-electron chi connectivity index (χ4n) is 2.61. The Hall–Kier alpha value is -2.66. The van der Waals surface area contributed by atoms with Gasteiger partial charge in [0.2, 0.25) is 0 Å². The topological polar surface area (TPSA) is 64.6 Å². The molecule has 1 saturated heterocycles. The SMILES string of the molecule is O=C(C[C@H]1N[C@H](c2ccccc2)COC1=O)OCc1ccccc1. The number of carbonyl (C=O) groups is 2. The average Bonchev–Trinajstić information content (AvgIpc) is 2.63. The minimum absolute atomic E-state index is 0.0466. The highest BCUT2D eigenvalue weighted by Crippen LogP contribution is 2.19. The second-order valence-corrected chi connectivity index (χ2v) is 5.66. The van der Waals surface area contributed by atoms with Crippen LogP contribution in [-0.2, 0) is 25.7 Å². The highest BCUT2D eigenvalue weighted by Gasteiger charge is 2.32. The lowest BCUT2D eigenvalue weighted by Crippen LogP contribution is -2.48. The fourth-order valence-corrected chi connectivity index (χ4v) is 2.61. The molecule has 0 amide bonds. The number of ether oxygens (including phenoxy) is 2. The Morgan fingerprint density at radius 1 is 1.08 bits per heavy atom. The van der Waals surface area contributed by atoms with Gasteiger partial charge in [0.15, 0.2) is 0 Å². The number of benzene rings is 2. The summed E-state index contributed by atoms with van der Waals surface area (Å²) in [5.74, 6) is -0.846. The monoisotopic (exact) mass is 325 g/mol. The lowest BCUT2D eigenvalue weighted by Gasteiger charge is -2.29. The minimum atomic E-state index is -0.688. The van der Waals surface area contributed by atoms with Gasteiger partial charge in [-0.2, -0.15) is 0 Å². The van der Waals surface area contributed by atoms with E-state index in [0.29, 0.717) is 0 Å². The molecule has 3 rings (SSSR count). The average molecular weight is 325 g/mol. The van der Waals surface area contributed by atoms with Crippen LogP contribution in [0, 0.1) is 0 Å². The van der Waals surface area contributed by atoms with Crippen molar-refractivity contribution in [3.8, 4) is 0 Å². The maximum absolute atomic E-state index is 12.0. The third kappa shape index (κ3) is 4.20. The van der Waals surface area contributed by atoms with Crippen LogP contribution in [0.2, 0.25) is 0 Å². The van der Waals surface area contributed by atoms with Crippen LogP contribution in [0.3, 0.4) is 0 Å². The molecule has 0 aromatic heterocycles. The summed E-state index contributed by atoms with van der Waals surface area (Å²) in [7, 11) is 0. The van der Waals surface area contributed by atoms with Gasteiger partial charge in [0.1, 0.15) is 19.3 Å². The van der Waals surface area contributed by atoms with E-state index in [1.54, 1.807) is 0 Å². The molecular weight excluding hydrogens is 306 g/mol. The van der Waals surface area contributed by atoms with Crippen molar-refractivity contribution in [3.05, 3.63) is 71.8 Å². The number of carbonyl (C=O) groups excluding carboxylic acids is 2. The van der Waals surface area contributed by atoms with Crippen molar-refractivity contribution in [1.82, 2.24) is 5.32 Å². The van der Waals surface area contributed by atoms with Gasteiger partial charge in [-0.1, -0.05) is 60.7 Å². The molecule has 5 nitrogen and oxygen atoms in total. The molecule has 0 unspecified atom stereocenters. The molecule has 0 saturated carbocycles. The normalized spacial score (nSPS) is 20.2. The summed E-state index contributed by atoms with van der Waals surface area (Å²) in [6, 6.07) is 18.3. The van der Waals surface area contributed by atoms with Gasteiger partial charge in [-0.25, -0.2) is 0 Å². The number of hydrogen-bond donors (Lipinski definition) is 1. The molecule has 1 fully saturated rings. The Morgan fingerprint density at radius 2 is 1.75 bits per heavy atom. The molecule has 0 aliphatic carbocycles. The van der Waals surface area contributed by atoms with E-state index >= 15 is 0 Å². The van der Waals surface area contributed by atoms with E-state index in [2.05, 4.69) is 5.32 Å². The van der Waals surface area contributed by atoms with Gasteiger partial charge in [-0.3, -0.25) is 14.9 Å². The molecule has 0 spiro atoms. The molecular formula is C19H19NO4. The summed E-state index contributed by atoms with van der Waals surface area (Å²) in [5, 5.41) is 3.17. The van der Waals surface area contributed by atoms with E-state index < -0.39 is 18.0 Å². The molecule has 1 aliphatic heterocycles. The van der Waals surface area contributed by atoms with Gasteiger partial charge >= 0.3 is 11.9 Å². The molecule has 1 N–H and O–H groups in total. The molecule has 0 radical (unpaired) electrons. The quantitative estimate of drug-likeness (QED) is 0.855. The number of nitrogens with one attached hydrogen (secondary N) is 1. The molecule has 2 aromatic rings. The van der Waals surface area contributed by atoms with E-state index in [0.717, 1.165) is 11.1 Å². The van der Waals surface area contributed by atoms with Gasteiger partial charge in [0.05, 0.1) is 12.5 Å². The van der Waals surface area contributed by atoms with Crippen molar-refractivity contribution in [2.45, 2.75) is 25.1 Å². The largest absolute Gasteiger partial charge is 0.462 e. The third-order valence-electron chi connectivity index (χ3n) is 3.89. The van der Waals surface area contributed by atoms with Crippen LogP contribution in [0.15, 0.2) is 60.7 Å². The van der Waals surface area contributed by atoms with Gasteiger partial charge in [-0.05, 0) is 11.1 Å². The maximum atomic E-state index is 12.0. The summed E-state index contributed by atoms with van der Waals surface area (Å²) in [6.07, 6.45) is -0.0466. The number of rotatable bonds is 5. The van der Waals surface area contributed by atoms with Crippen molar-refractivity contribution in [2.24, 2.45) is 0 Å². The Labute approximate surface area is 140 Å². The number of esters is 2. The van der Waals surface area contributed by atoms with Crippen molar-refractivity contribution in [1.29, 1.82) is 0 Å². The van der Waals surface area contributed by atoms with Crippen molar-refractivity contribution < 1.29 is 19.1 Å². The highest BCUT2D eigenvalue weighted by molar-refractivity contribution is 5.83. The zero-order valence-corrected chi connectivity index (χ0v) is 13.2. The van der Waals surface area contributed by atoms with E-state index in [9.17, 15) is 9.59 Å². The predicted octanol–water partition coefficient (Wildman–Crippen LogP) is 2.38. The van der Waals surface area contributed by atoms with E-state index in [1.807, 2.05) is 60.7 Å². The molecule has 124 valence electrons. The first-order valence-corrected chi connectivity index (χ1v) is 7.89. The third-order valence-corrected chi connectivity index (χ3v) is 3.89. The summed E-state index contributed by atoms with van der Waals surface area (Å²) in [6.45, 7) is 0.460. The van der Waals surface area contributed by atoms with Gasteiger partial charge in [-0.15, -0.1) is 0 Å². The van der Waals surface area contributed by atoms with Crippen molar-refractivity contribution >= 4 is 11.9 Å². The van der Waals surface area contributed by atoms with Gasteiger partial charge < -0.3 is 9.47 Å². The highest BCUT2D eigenvalue weighted by atomic mass is 16.5. The number of hydrogen-bond acceptors (Lipinski definition) is 5. The molecule has 5 heteroatoms. The summed E-state index contributed by atoms with van der Waals surface area (Å²) < 4.78 is 10.4. The molecule has 24 heavy (non-hydrogen) atoms. The first-order chi connectivity index (χ1) is 11.7. The Kier molecular flexibility index (Phi) is 5.23. The number of cyclic esters (lactones) is 1. The van der Waals surface area contributed by atoms with Crippen LogP contribution in [-0.4, -0.2) is 24.6 Å². The second-order valence-electron chi connectivity index (χ2n) is 5.66. The van der Waals surface area contributed by atoms with Crippen molar-refractivity contribution in [3.63, 3.8) is 0 Å². The molecule has 0 bridgehead atoms. The van der Waals surface area contributed by atoms with Crippen LogP contribution in [0.4, 0.5) is 0 Å². The second kappa shape index (κ2) is 7.75. The van der Waals surface area contributed by atoms with Crippen LogP contribution in [0.5, 0.6) is 0 Å². The van der Waals surface area contributed by atoms with Gasteiger partial charge in [0.25, 0.3) is 0 Å². The Bertz CT molecular complexity index is 687. The lowest BCUT2D eigenvalue weighted by atomic mass is 10.0. The Morgan fingerprint density at radius 3 is 2.46 bits per heavy atom. The molecule has 2 aromatic carbocycles. The van der Waals surface area contributed by atoms with E-state index in [1.165, 1.54) is 0 Å². The zero-order valence-electron chi connectivity index (χ0n) is 13.2. The van der Waals surface area contributed by atoms with E-state index in [4.69, 9.17) is 9.47 Å². The minimum Gasteiger partial charge on any atom is -0.462 e. The first-order valence-electron chi connectivity index (χ1n) is 7.89. The molecule has 1 heterocycles. The Balaban J connectivity index is 1.55. The summed E-state index contributed by atoms with van der Waals surface area (Å²) in [4.78, 5) is 23.9. The zero-order chi connectivity index (χ0) is 16.8. The summed E-state index contributed by atoms with van der Waals surface area (Å²) >= 11 is 0. The van der Waals surface area contributed by atoms with E-state index in [-0.39, 0.29) is 25.7 Å². The van der Waals surface area contributed by atoms with Crippen molar-refractivity contribution in [2.75, 3.05) is 6.61 Å². The molecule has 1 aliphatic rings. The smallest absolute Gasteiger partial charge is 0.323 e. The molecule has 2 atom stereocenters.